The molecule has 7 heteroatoms. The molecule has 0 atom stereocenters. The van der Waals surface area contributed by atoms with Crippen molar-refractivity contribution in [2.24, 2.45) is 0 Å². The number of hydrogen-bond acceptors (Lipinski definition) is 6. The first kappa shape index (κ1) is 42.4. The van der Waals surface area contributed by atoms with Gasteiger partial charge >= 0.3 is 5.97 Å². The zero-order valence-corrected chi connectivity index (χ0v) is 27.4. The van der Waals surface area contributed by atoms with Gasteiger partial charge in [-0.2, -0.15) is 0 Å². The van der Waals surface area contributed by atoms with E-state index in [1.165, 1.54) is 146 Å². The lowest BCUT2D eigenvalue weighted by Crippen LogP contribution is -2.28. The van der Waals surface area contributed by atoms with E-state index in [1.54, 1.807) is 0 Å². The highest BCUT2D eigenvalue weighted by Gasteiger charge is 2.05. The van der Waals surface area contributed by atoms with Crippen molar-refractivity contribution in [3.63, 3.8) is 0 Å². The fourth-order valence-electron chi connectivity index (χ4n) is 4.83. The molecule has 0 aliphatic heterocycles. The van der Waals surface area contributed by atoms with Crippen LogP contribution in [0.2, 0.25) is 0 Å². The largest absolute Gasteiger partial charge is 0.481 e. The number of hydrogen-bond donors (Lipinski definition) is 3. The Morgan fingerprint density at radius 2 is 0.780 bits per heavy atom. The summed E-state index contributed by atoms with van der Waals surface area (Å²) in [6.45, 7) is 5.58. The molecule has 0 bridgehead atoms. The molecule has 41 heavy (non-hydrogen) atoms. The highest BCUT2D eigenvalue weighted by Crippen LogP contribution is 2.14. The molecule has 0 heterocycles. The van der Waals surface area contributed by atoms with E-state index in [-0.39, 0.29) is 26.4 Å². The second kappa shape index (κ2) is 39.3. The number of carboxylic acids is 1. The van der Waals surface area contributed by atoms with Gasteiger partial charge in [-0.15, -0.1) is 0 Å². The molecule has 0 rings (SSSR count). The van der Waals surface area contributed by atoms with E-state index < -0.39 is 5.97 Å². The Bertz CT molecular complexity index is 472. The number of hydroxylamine groups is 2. The Morgan fingerprint density at radius 1 is 0.488 bits per heavy atom. The summed E-state index contributed by atoms with van der Waals surface area (Å²) in [6, 6.07) is 0. The standard InChI is InChI=1S/C22H47NO4.C12H24O2/c1-2-3-4-5-6-7-8-9-10-11-12-13-14-15-16-17-18-23(26-21-19-24)27-22-20-25;1-2-3-4-5-6-7-8-9-10-11-12(13)14/h24-25H,2-22H2,1H3;2-11H2,1H3,(H,13,14). The number of carbonyl (C=O) groups is 1. The monoisotopic (exact) mass is 590 g/mol. The maximum absolute atomic E-state index is 10.2. The molecular formula is C34H71NO6. The van der Waals surface area contributed by atoms with Crippen LogP contribution in [-0.2, 0) is 14.5 Å². The fraction of sp³-hybridized carbons (Fsp3) is 0.971. The van der Waals surface area contributed by atoms with Crippen LogP contribution >= 0.6 is 0 Å². The van der Waals surface area contributed by atoms with Crippen molar-refractivity contribution in [2.45, 2.75) is 181 Å². The third-order valence-corrected chi connectivity index (χ3v) is 7.34. The average Bonchev–Trinajstić information content (AvgIpc) is 2.97. The van der Waals surface area contributed by atoms with Crippen LogP contribution in [0.25, 0.3) is 0 Å². The third-order valence-electron chi connectivity index (χ3n) is 7.34. The van der Waals surface area contributed by atoms with E-state index >= 15 is 0 Å². The lowest BCUT2D eigenvalue weighted by atomic mass is 10.0. The van der Waals surface area contributed by atoms with E-state index in [9.17, 15) is 4.79 Å². The topological polar surface area (TPSA) is 99.5 Å². The number of aliphatic hydroxyl groups excluding tert-OH is 2. The number of rotatable bonds is 33. The number of aliphatic hydroxyl groups is 2. The summed E-state index contributed by atoms with van der Waals surface area (Å²) in [4.78, 5) is 20.7. The van der Waals surface area contributed by atoms with Gasteiger partial charge in [0.1, 0.15) is 0 Å². The smallest absolute Gasteiger partial charge is 0.303 e. The van der Waals surface area contributed by atoms with Crippen LogP contribution in [0.4, 0.5) is 0 Å². The Hall–Kier alpha value is -0.730. The normalized spacial score (nSPS) is 11.1. The minimum Gasteiger partial charge on any atom is -0.481 e. The zero-order chi connectivity index (χ0) is 30.5. The molecule has 0 aliphatic rings. The molecule has 248 valence electrons. The summed E-state index contributed by atoms with van der Waals surface area (Å²) >= 11 is 0. The van der Waals surface area contributed by atoms with Gasteiger partial charge in [0.25, 0.3) is 0 Å². The molecule has 0 aliphatic carbocycles. The number of carboxylic acid groups (broad SMARTS) is 1. The molecule has 0 amide bonds. The highest BCUT2D eigenvalue weighted by molar-refractivity contribution is 5.66. The molecule has 0 unspecified atom stereocenters. The van der Waals surface area contributed by atoms with Crippen LogP contribution in [0.15, 0.2) is 0 Å². The van der Waals surface area contributed by atoms with Crippen LogP contribution in [-0.4, -0.2) is 59.5 Å². The molecule has 0 aromatic heterocycles. The van der Waals surface area contributed by atoms with Gasteiger partial charge in [-0.25, -0.2) is 0 Å². The molecule has 0 saturated carbocycles. The van der Waals surface area contributed by atoms with E-state index in [1.807, 2.05) is 0 Å². The second-order valence-corrected chi connectivity index (χ2v) is 11.4. The SMILES string of the molecule is CCCCCCCCCCCC(=O)O.CCCCCCCCCCCCCCCCCCN(OCCO)OCCO. The van der Waals surface area contributed by atoms with E-state index in [2.05, 4.69) is 13.8 Å². The summed E-state index contributed by atoms with van der Waals surface area (Å²) < 4.78 is 0. The minimum atomic E-state index is -0.659. The number of aliphatic carboxylic acids is 1. The first-order valence-electron chi connectivity index (χ1n) is 17.6. The van der Waals surface area contributed by atoms with Gasteiger partial charge in [0.05, 0.1) is 33.0 Å². The summed E-state index contributed by atoms with van der Waals surface area (Å²) in [6.07, 6.45) is 33.1. The Balaban J connectivity index is 0. The molecule has 7 nitrogen and oxygen atoms in total. The molecule has 0 fully saturated rings. The van der Waals surface area contributed by atoms with Crippen molar-refractivity contribution in [1.82, 2.24) is 5.23 Å². The zero-order valence-electron chi connectivity index (χ0n) is 27.4. The van der Waals surface area contributed by atoms with Crippen LogP contribution in [0.5, 0.6) is 0 Å². The lowest BCUT2D eigenvalue weighted by Gasteiger charge is -2.20. The van der Waals surface area contributed by atoms with Crippen LogP contribution in [0.3, 0.4) is 0 Å². The summed E-state index contributed by atoms with van der Waals surface area (Å²) in [7, 11) is 0. The van der Waals surface area contributed by atoms with Crippen molar-refractivity contribution in [2.75, 3.05) is 33.0 Å². The van der Waals surface area contributed by atoms with Crippen LogP contribution in [0.1, 0.15) is 181 Å². The van der Waals surface area contributed by atoms with Gasteiger partial charge in [-0.1, -0.05) is 167 Å². The molecule has 0 aromatic rings. The van der Waals surface area contributed by atoms with Gasteiger partial charge in [-0.05, 0) is 12.8 Å². The maximum atomic E-state index is 10.2. The summed E-state index contributed by atoms with van der Waals surface area (Å²) in [5.74, 6) is -0.659. The quantitative estimate of drug-likeness (QED) is 0.0518. The van der Waals surface area contributed by atoms with Crippen molar-refractivity contribution >= 4 is 5.97 Å². The van der Waals surface area contributed by atoms with Crippen LogP contribution in [0, 0.1) is 0 Å². The molecule has 0 aromatic carbocycles. The third kappa shape index (κ3) is 41.5. The Labute approximate surface area is 254 Å². The molecular weight excluding hydrogens is 518 g/mol. The number of unbranched alkanes of at least 4 members (excludes halogenated alkanes) is 23. The first-order valence-corrected chi connectivity index (χ1v) is 17.6. The van der Waals surface area contributed by atoms with Crippen molar-refractivity contribution in [1.29, 1.82) is 0 Å². The molecule has 0 radical (unpaired) electrons. The van der Waals surface area contributed by atoms with Gasteiger partial charge < -0.3 is 15.3 Å². The maximum Gasteiger partial charge on any atom is 0.303 e. The minimum absolute atomic E-state index is 0.0298. The van der Waals surface area contributed by atoms with E-state index in [0.717, 1.165) is 19.3 Å². The van der Waals surface area contributed by atoms with Crippen LogP contribution < -0.4 is 0 Å². The van der Waals surface area contributed by atoms with Gasteiger partial charge in [0.2, 0.25) is 0 Å². The van der Waals surface area contributed by atoms with Crippen molar-refractivity contribution < 1.29 is 29.8 Å². The fourth-order valence-corrected chi connectivity index (χ4v) is 4.83. The lowest BCUT2D eigenvalue weighted by molar-refractivity contribution is -0.371. The summed E-state index contributed by atoms with van der Waals surface area (Å²) in [5.41, 5.74) is 0. The van der Waals surface area contributed by atoms with Gasteiger partial charge in [0, 0.05) is 6.42 Å². The first-order chi connectivity index (χ1) is 20.1. The number of nitrogens with zero attached hydrogens (tertiary/aromatic N) is 1. The Kier molecular flexibility index (Phi) is 40.6. The predicted octanol–water partition coefficient (Wildman–Crippen LogP) is 9.39. The Morgan fingerprint density at radius 3 is 1.07 bits per heavy atom. The average molecular weight is 590 g/mol. The molecule has 0 saturated heterocycles. The van der Waals surface area contributed by atoms with Crippen molar-refractivity contribution in [3.05, 3.63) is 0 Å². The molecule has 3 N–H and O–H groups in total. The van der Waals surface area contributed by atoms with Gasteiger partial charge in [-0.3, -0.25) is 14.5 Å². The second-order valence-electron chi connectivity index (χ2n) is 11.4. The van der Waals surface area contributed by atoms with E-state index in [0.29, 0.717) is 13.0 Å². The van der Waals surface area contributed by atoms with E-state index in [4.69, 9.17) is 25.0 Å². The molecule has 0 spiro atoms. The predicted molar refractivity (Wildman–Crippen MR) is 172 cm³/mol. The summed E-state index contributed by atoms with van der Waals surface area (Å²) in [5, 5.41) is 27.4. The van der Waals surface area contributed by atoms with Crippen molar-refractivity contribution in [3.8, 4) is 0 Å². The van der Waals surface area contributed by atoms with Gasteiger partial charge in [0.15, 0.2) is 0 Å². The highest BCUT2D eigenvalue weighted by atomic mass is 16.9.